The number of nitrogens with one attached hydrogen (secondary N) is 1. The third-order valence-corrected chi connectivity index (χ3v) is 4.34. The van der Waals surface area contributed by atoms with E-state index in [9.17, 15) is 4.79 Å². The van der Waals surface area contributed by atoms with Crippen molar-refractivity contribution < 1.29 is 28.6 Å². The second-order valence-corrected chi connectivity index (χ2v) is 5.96. The predicted molar refractivity (Wildman–Crippen MR) is 104 cm³/mol. The molecule has 1 aliphatic rings. The number of nitrogens with zero attached hydrogens (tertiary/aromatic N) is 1. The number of anilines is 1. The molecule has 1 unspecified atom stereocenters. The third kappa shape index (κ3) is 3.95. The van der Waals surface area contributed by atoms with Gasteiger partial charge in [-0.1, -0.05) is 5.16 Å². The smallest absolute Gasteiger partial charge is 0.268 e. The molecule has 0 saturated heterocycles. The van der Waals surface area contributed by atoms with E-state index < -0.39 is 6.10 Å². The number of rotatable bonds is 7. The van der Waals surface area contributed by atoms with Gasteiger partial charge in [0.2, 0.25) is 6.10 Å². The van der Waals surface area contributed by atoms with Crippen LogP contribution in [0.25, 0.3) is 0 Å². The fourth-order valence-electron chi connectivity index (χ4n) is 2.83. The van der Waals surface area contributed by atoms with Crippen LogP contribution in [0.2, 0.25) is 0 Å². The van der Waals surface area contributed by atoms with Crippen molar-refractivity contribution in [3.05, 3.63) is 42.0 Å². The maximum absolute atomic E-state index is 12.6. The van der Waals surface area contributed by atoms with Gasteiger partial charge in [0.1, 0.15) is 11.5 Å². The highest BCUT2D eigenvalue weighted by Gasteiger charge is 2.30. The monoisotopic (exact) mass is 386 g/mol. The van der Waals surface area contributed by atoms with Gasteiger partial charge < -0.3 is 29.1 Å². The second kappa shape index (κ2) is 8.51. The van der Waals surface area contributed by atoms with E-state index in [0.29, 0.717) is 40.8 Å². The van der Waals surface area contributed by atoms with Crippen molar-refractivity contribution in [3.8, 4) is 23.0 Å². The fraction of sp³-hybridized carbons (Fsp3) is 0.300. The number of methoxy groups -OCH3 is 4. The summed E-state index contributed by atoms with van der Waals surface area (Å²) in [5.74, 6) is 1.99. The molecule has 2 aromatic rings. The summed E-state index contributed by atoms with van der Waals surface area (Å²) in [6.07, 6.45) is -0.424. The maximum Gasteiger partial charge on any atom is 0.268 e. The van der Waals surface area contributed by atoms with E-state index in [1.54, 1.807) is 51.7 Å². The molecule has 1 heterocycles. The zero-order valence-corrected chi connectivity index (χ0v) is 16.1. The molecule has 3 rings (SSSR count). The summed E-state index contributed by atoms with van der Waals surface area (Å²) in [6, 6.07) is 10.6. The molecule has 1 amide bonds. The molecular formula is C20H22N2O6. The molecule has 1 atom stereocenters. The minimum atomic E-state index is -0.751. The van der Waals surface area contributed by atoms with Crippen molar-refractivity contribution in [2.45, 2.75) is 12.5 Å². The van der Waals surface area contributed by atoms with Crippen LogP contribution < -0.4 is 24.3 Å². The molecule has 28 heavy (non-hydrogen) atoms. The van der Waals surface area contributed by atoms with Crippen molar-refractivity contribution in [2.24, 2.45) is 5.16 Å². The minimum Gasteiger partial charge on any atom is -0.497 e. The summed E-state index contributed by atoms with van der Waals surface area (Å²) in [6.45, 7) is 0. The molecule has 148 valence electrons. The number of amides is 1. The quantitative estimate of drug-likeness (QED) is 0.787. The van der Waals surface area contributed by atoms with Crippen LogP contribution >= 0.6 is 0 Å². The Labute approximate surface area is 163 Å². The first-order valence-corrected chi connectivity index (χ1v) is 8.57. The summed E-state index contributed by atoms with van der Waals surface area (Å²) in [5.41, 5.74) is 1.95. The van der Waals surface area contributed by atoms with E-state index in [1.807, 2.05) is 6.07 Å². The molecule has 0 fully saturated rings. The van der Waals surface area contributed by atoms with Crippen LogP contribution in [0.1, 0.15) is 12.0 Å². The lowest BCUT2D eigenvalue weighted by molar-refractivity contribution is -0.125. The molecular weight excluding hydrogens is 364 g/mol. The van der Waals surface area contributed by atoms with Gasteiger partial charge in [0.05, 0.1) is 39.8 Å². The van der Waals surface area contributed by atoms with Gasteiger partial charge in [-0.05, 0) is 30.3 Å². The normalized spacial score (nSPS) is 15.3. The Balaban J connectivity index is 1.71. The Morgan fingerprint density at radius 2 is 1.68 bits per heavy atom. The van der Waals surface area contributed by atoms with Gasteiger partial charge in [0.25, 0.3) is 5.91 Å². The van der Waals surface area contributed by atoms with Crippen LogP contribution in [0, 0.1) is 0 Å². The molecule has 0 radical (unpaired) electrons. The van der Waals surface area contributed by atoms with Crippen LogP contribution in [-0.2, 0) is 9.63 Å². The van der Waals surface area contributed by atoms with Gasteiger partial charge in [-0.15, -0.1) is 0 Å². The maximum atomic E-state index is 12.6. The van der Waals surface area contributed by atoms with Gasteiger partial charge in [0, 0.05) is 18.1 Å². The van der Waals surface area contributed by atoms with Crippen molar-refractivity contribution in [3.63, 3.8) is 0 Å². The summed E-state index contributed by atoms with van der Waals surface area (Å²) < 4.78 is 21.0. The highest BCUT2D eigenvalue weighted by molar-refractivity contribution is 6.06. The number of carbonyl (C=O) groups excluding carboxylic acids is 1. The van der Waals surface area contributed by atoms with Crippen molar-refractivity contribution >= 4 is 17.3 Å². The third-order valence-electron chi connectivity index (χ3n) is 4.34. The summed E-state index contributed by atoms with van der Waals surface area (Å²) in [5, 5.41) is 6.86. The minimum absolute atomic E-state index is 0.327. The predicted octanol–water partition coefficient (Wildman–Crippen LogP) is 2.85. The Morgan fingerprint density at radius 1 is 0.964 bits per heavy atom. The number of ether oxygens (including phenoxy) is 4. The van der Waals surface area contributed by atoms with Gasteiger partial charge in [0.15, 0.2) is 11.5 Å². The van der Waals surface area contributed by atoms with E-state index in [1.165, 1.54) is 7.11 Å². The van der Waals surface area contributed by atoms with Gasteiger partial charge >= 0.3 is 0 Å². The second-order valence-electron chi connectivity index (χ2n) is 5.96. The van der Waals surface area contributed by atoms with Crippen LogP contribution in [-0.4, -0.2) is 46.2 Å². The van der Waals surface area contributed by atoms with E-state index >= 15 is 0 Å². The molecule has 1 aliphatic heterocycles. The topological polar surface area (TPSA) is 87.6 Å². The van der Waals surface area contributed by atoms with E-state index in [4.69, 9.17) is 23.8 Å². The number of carbonyl (C=O) groups is 1. The average Bonchev–Trinajstić information content (AvgIpc) is 3.23. The van der Waals surface area contributed by atoms with Crippen LogP contribution in [0.3, 0.4) is 0 Å². The highest BCUT2D eigenvalue weighted by atomic mass is 16.6. The molecule has 8 nitrogen and oxygen atoms in total. The lowest BCUT2D eigenvalue weighted by Crippen LogP contribution is -2.28. The largest absolute Gasteiger partial charge is 0.497 e. The number of hydrogen-bond donors (Lipinski definition) is 1. The first-order chi connectivity index (χ1) is 13.6. The number of benzene rings is 2. The van der Waals surface area contributed by atoms with Crippen molar-refractivity contribution in [1.82, 2.24) is 0 Å². The molecule has 2 aromatic carbocycles. The van der Waals surface area contributed by atoms with E-state index in [2.05, 4.69) is 10.5 Å². The van der Waals surface area contributed by atoms with Crippen LogP contribution in [0.15, 0.2) is 41.6 Å². The summed E-state index contributed by atoms with van der Waals surface area (Å²) in [4.78, 5) is 18.0. The lowest BCUT2D eigenvalue weighted by Gasteiger charge is -2.13. The summed E-state index contributed by atoms with van der Waals surface area (Å²) in [7, 11) is 6.21. The van der Waals surface area contributed by atoms with Crippen molar-refractivity contribution in [2.75, 3.05) is 33.8 Å². The molecule has 0 aromatic heterocycles. The zero-order valence-electron chi connectivity index (χ0n) is 16.1. The van der Waals surface area contributed by atoms with Gasteiger partial charge in [-0.25, -0.2) is 0 Å². The number of hydrogen-bond acceptors (Lipinski definition) is 7. The van der Waals surface area contributed by atoms with Crippen molar-refractivity contribution in [1.29, 1.82) is 0 Å². The highest BCUT2D eigenvalue weighted by Crippen LogP contribution is 2.31. The van der Waals surface area contributed by atoms with E-state index in [-0.39, 0.29) is 5.91 Å². The first-order valence-electron chi connectivity index (χ1n) is 8.57. The Hall–Kier alpha value is -3.42. The molecule has 8 heteroatoms. The summed E-state index contributed by atoms with van der Waals surface area (Å²) >= 11 is 0. The molecule has 1 N–H and O–H groups in total. The zero-order chi connectivity index (χ0) is 20.1. The van der Waals surface area contributed by atoms with Gasteiger partial charge in [-0.2, -0.15) is 0 Å². The Kier molecular flexibility index (Phi) is 5.88. The van der Waals surface area contributed by atoms with Gasteiger partial charge in [-0.3, -0.25) is 4.79 Å². The SMILES string of the molecule is COc1ccc(OC)c(NC(=O)C2CC(c3ccc(OC)c(OC)c3)=NO2)c1. The number of oxime groups is 1. The Bertz CT molecular complexity index is 896. The van der Waals surface area contributed by atoms with Crippen LogP contribution in [0.5, 0.6) is 23.0 Å². The van der Waals surface area contributed by atoms with E-state index in [0.717, 1.165) is 5.56 Å². The molecule has 0 aliphatic carbocycles. The first kappa shape index (κ1) is 19.3. The average molecular weight is 386 g/mol. The molecule has 0 bridgehead atoms. The van der Waals surface area contributed by atoms with Crippen LogP contribution in [0.4, 0.5) is 5.69 Å². The standard InChI is InChI=1S/C20H22N2O6/c1-24-13-6-8-16(25-2)15(10-13)21-20(23)19-11-14(22-28-19)12-5-7-17(26-3)18(9-12)27-4/h5-10,19H,11H2,1-4H3,(H,21,23). The Morgan fingerprint density at radius 3 is 2.36 bits per heavy atom. The molecule has 0 saturated carbocycles. The lowest BCUT2D eigenvalue weighted by atomic mass is 10.0. The molecule has 0 spiro atoms. The fourth-order valence-corrected chi connectivity index (χ4v) is 2.83.